The van der Waals surface area contributed by atoms with Gasteiger partial charge < -0.3 is 14.7 Å². The number of benzene rings is 1. The van der Waals surface area contributed by atoms with Crippen LogP contribution in [0.15, 0.2) is 60.8 Å². The van der Waals surface area contributed by atoms with Gasteiger partial charge in [-0.1, -0.05) is 6.58 Å². The molecule has 5 aromatic rings. The van der Waals surface area contributed by atoms with Crippen molar-refractivity contribution in [2.45, 2.75) is 19.5 Å². The number of hydrogen-bond donors (Lipinski definition) is 1. The molecule has 5 heterocycles. The van der Waals surface area contributed by atoms with Gasteiger partial charge in [-0.15, -0.1) is 11.3 Å². The Morgan fingerprint density at radius 3 is 2.84 bits per heavy atom. The molecular formula is C31H24F2N6O3S. The fourth-order valence-electron chi connectivity index (χ4n) is 5.39. The van der Waals surface area contributed by atoms with E-state index < -0.39 is 11.6 Å². The van der Waals surface area contributed by atoms with E-state index in [1.54, 1.807) is 21.8 Å². The van der Waals surface area contributed by atoms with Crippen LogP contribution in [0.3, 0.4) is 0 Å². The van der Waals surface area contributed by atoms with Crippen molar-refractivity contribution in [3.8, 4) is 45.6 Å². The number of halogens is 2. The van der Waals surface area contributed by atoms with Crippen LogP contribution in [-0.4, -0.2) is 55.4 Å². The first-order chi connectivity index (χ1) is 20.8. The van der Waals surface area contributed by atoms with Gasteiger partial charge in [0, 0.05) is 52.3 Å². The van der Waals surface area contributed by atoms with Crippen LogP contribution < -0.4 is 4.74 Å². The average molecular weight is 599 g/mol. The number of amides is 1. The van der Waals surface area contributed by atoms with E-state index in [2.05, 4.69) is 17.6 Å². The third kappa shape index (κ3) is 4.92. The number of nitrogens with zero attached hydrogens (tertiary/aromatic N) is 6. The maximum absolute atomic E-state index is 15.8. The van der Waals surface area contributed by atoms with E-state index in [4.69, 9.17) is 14.8 Å². The Balaban J connectivity index is 1.66. The summed E-state index contributed by atoms with van der Waals surface area (Å²) in [5.74, 6) is -2.00. The van der Waals surface area contributed by atoms with Gasteiger partial charge in [-0.05, 0) is 36.6 Å². The molecule has 9 nitrogen and oxygen atoms in total. The van der Waals surface area contributed by atoms with E-state index in [-0.39, 0.29) is 36.5 Å². The zero-order valence-corrected chi connectivity index (χ0v) is 23.7. The van der Waals surface area contributed by atoms with E-state index in [9.17, 15) is 19.6 Å². The van der Waals surface area contributed by atoms with Gasteiger partial charge in [-0.2, -0.15) is 10.4 Å². The summed E-state index contributed by atoms with van der Waals surface area (Å²) in [5.41, 5.74) is 3.18. The van der Waals surface area contributed by atoms with Gasteiger partial charge in [0.1, 0.15) is 41.4 Å². The number of fused-ring (bicyclic) bond motifs is 2. The Hall–Kier alpha value is -4.99. The van der Waals surface area contributed by atoms with Gasteiger partial charge >= 0.3 is 0 Å². The molecule has 0 aliphatic carbocycles. The molecule has 0 saturated heterocycles. The molecule has 6 rings (SSSR count). The summed E-state index contributed by atoms with van der Waals surface area (Å²) in [5, 5.41) is 26.2. The fourth-order valence-corrected chi connectivity index (χ4v) is 6.34. The molecule has 0 saturated carbocycles. The zero-order valence-electron chi connectivity index (χ0n) is 22.9. The molecule has 12 heteroatoms. The lowest BCUT2D eigenvalue weighted by Gasteiger charge is -2.33. The highest BCUT2D eigenvalue weighted by Crippen LogP contribution is 2.47. The second-order valence-electron chi connectivity index (χ2n) is 9.84. The van der Waals surface area contributed by atoms with Crippen molar-refractivity contribution in [3.63, 3.8) is 0 Å². The predicted octanol–water partition coefficient (Wildman–Crippen LogP) is 5.50. The zero-order chi connectivity index (χ0) is 30.2. The quantitative estimate of drug-likeness (QED) is 0.246. The molecule has 1 atom stereocenters. The van der Waals surface area contributed by atoms with Crippen molar-refractivity contribution in [2.24, 2.45) is 0 Å². The van der Waals surface area contributed by atoms with Gasteiger partial charge in [-0.25, -0.2) is 13.8 Å². The minimum absolute atomic E-state index is 0.0252. The molecule has 0 spiro atoms. The number of thiophene rings is 1. The van der Waals surface area contributed by atoms with E-state index in [1.807, 2.05) is 24.4 Å². The second kappa shape index (κ2) is 11.4. The van der Waals surface area contributed by atoms with Crippen LogP contribution in [0.1, 0.15) is 24.2 Å². The lowest BCUT2D eigenvalue weighted by molar-refractivity contribution is -0.129. The number of aromatic nitrogens is 4. The minimum atomic E-state index is -0.869. The number of hydrogen-bond acceptors (Lipinski definition) is 8. The number of nitriles is 1. The largest absolute Gasteiger partial charge is 0.490 e. The van der Waals surface area contributed by atoms with Gasteiger partial charge in [0.2, 0.25) is 5.91 Å². The van der Waals surface area contributed by atoms with Crippen LogP contribution in [-0.2, 0) is 11.3 Å². The minimum Gasteiger partial charge on any atom is -0.490 e. The standard InChI is InChI=1S/C31H24F2N6O3S/c1-3-26(41)38-5-6-39-24(17(38)2)13-23(37-39)30-28(27-22(33)11-20(32)12-25(27)42-8-7-40)31-21(4-9-43-31)29(36-30)19-10-18(14-34)15-35-16-19/h3-4,9-13,15-17,40H,1,5-8H2,2H3/t17-/m0/s1. The number of carbonyl (C=O) groups excluding carboxylic acids is 1. The van der Waals surface area contributed by atoms with E-state index in [0.717, 1.165) is 17.8 Å². The molecule has 1 N–H and O–H groups in total. The van der Waals surface area contributed by atoms with Crippen LogP contribution in [0.2, 0.25) is 0 Å². The molecule has 1 aliphatic rings. The van der Waals surface area contributed by atoms with Crippen molar-refractivity contribution in [3.05, 3.63) is 83.7 Å². The van der Waals surface area contributed by atoms with Gasteiger partial charge in [-0.3, -0.25) is 14.5 Å². The molecule has 0 radical (unpaired) electrons. The predicted molar refractivity (Wildman–Crippen MR) is 157 cm³/mol. The first-order valence-electron chi connectivity index (χ1n) is 13.4. The van der Waals surface area contributed by atoms with Crippen LogP contribution in [0.5, 0.6) is 5.75 Å². The third-order valence-electron chi connectivity index (χ3n) is 7.33. The number of pyridine rings is 2. The summed E-state index contributed by atoms with van der Waals surface area (Å²) in [6, 6.07) is 8.93. The van der Waals surface area contributed by atoms with Crippen molar-refractivity contribution in [2.75, 3.05) is 19.8 Å². The van der Waals surface area contributed by atoms with E-state index in [1.165, 1.54) is 23.6 Å². The van der Waals surface area contributed by atoms with Crippen LogP contribution in [0, 0.1) is 23.0 Å². The molecule has 216 valence electrons. The molecule has 0 unspecified atom stereocenters. The van der Waals surface area contributed by atoms with Crippen LogP contribution in [0.25, 0.3) is 43.9 Å². The Morgan fingerprint density at radius 1 is 1.23 bits per heavy atom. The van der Waals surface area contributed by atoms with E-state index >= 15 is 4.39 Å². The Bertz CT molecular complexity index is 1950. The molecule has 1 aliphatic heterocycles. The second-order valence-corrected chi connectivity index (χ2v) is 10.8. The highest BCUT2D eigenvalue weighted by atomic mass is 32.1. The number of ether oxygens (including phenoxy) is 1. The SMILES string of the molecule is C=CC(=O)N1CCn2nc(-c3nc(-c4cncc(C#N)c4)c4ccsc4c3-c3c(F)cc(F)cc3OCCO)cc2[C@@H]1C. The number of aliphatic hydroxyl groups excluding tert-OH is 1. The number of aliphatic hydroxyl groups is 1. The van der Waals surface area contributed by atoms with Gasteiger partial charge in [0.15, 0.2) is 0 Å². The summed E-state index contributed by atoms with van der Waals surface area (Å²) in [6.07, 6.45) is 4.31. The molecule has 0 fully saturated rings. The van der Waals surface area contributed by atoms with Crippen LogP contribution >= 0.6 is 11.3 Å². The fraction of sp³-hybridized carbons (Fsp3) is 0.194. The molecule has 1 aromatic carbocycles. The maximum atomic E-state index is 15.8. The number of rotatable bonds is 7. The van der Waals surface area contributed by atoms with E-state index in [0.29, 0.717) is 56.9 Å². The van der Waals surface area contributed by atoms with Crippen molar-refractivity contribution < 1.29 is 23.4 Å². The van der Waals surface area contributed by atoms with Crippen molar-refractivity contribution in [1.82, 2.24) is 24.6 Å². The van der Waals surface area contributed by atoms with Gasteiger partial charge in [0.05, 0.1) is 41.7 Å². The lowest BCUT2D eigenvalue weighted by atomic mass is 9.96. The third-order valence-corrected chi connectivity index (χ3v) is 8.26. The first kappa shape index (κ1) is 28.1. The molecular weight excluding hydrogens is 574 g/mol. The molecule has 43 heavy (non-hydrogen) atoms. The average Bonchev–Trinajstić information content (AvgIpc) is 3.68. The normalized spacial score (nSPS) is 14.4. The summed E-state index contributed by atoms with van der Waals surface area (Å²) < 4.78 is 38.3. The Labute approximate surface area is 248 Å². The summed E-state index contributed by atoms with van der Waals surface area (Å²) >= 11 is 1.34. The summed E-state index contributed by atoms with van der Waals surface area (Å²) in [6.45, 7) is 5.80. The van der Waals surface area contributed by atoms with Gasteiger partial charge in [0.25, 0.3) is 0 Å². The van der Waals surface area contributed by atoms with Crippen molar-refractivity contribution in [1.29, 1.82) is 5.26 Å². The first-order valence-corrected chi connectivity index (χ1v) is 14.2. The van der Waals surface area contributed by atoms with Crippen molar-refractivity contribution >= 4 is 27.3 Å². The Kier molecular flexibility index (Phi) is 7.43. The Morgan fingerprint density at radius 2 is 2.07 bits per heavy atom. The van der Waals surface area contributed by atoms with Crippen LogP contribution in [0.4, 0.5) is 8.78 Å². The maximum Gasteiger partial charge on any atom is 0.246 e. The molecule has 1 amide bonds. The highest BCUT2D eigenvalue weighted by Gasteiger charge is 2.31. The number of carbonyl (C=O) groups is 1. The topological polar surface area (TPSA) is 117 Å². The molecule has 0 bridgehead atoms. The smallest absolute Gasteiger partial charge is 0.246 e. The molecule has 4 aromatic heterocycles. The summed E-state index contributed by atoms with van der Waals surface area (Å²) in [7, 11) is 0. The highest BCUT2D eigenvalue weighted by molar-refractivity contribution is 7.18. The lowest BCUT2D eigenvalue weighted by Crippen LogP contribution is -2.40. The summed E-state index contributed by atoms with van der Waals surface area (Å²) in [4.78, 5) is 23.4. The monoisotopic (exact) mass is 598 g/mol.